The number of rotatable bonds is 8. The molecule has 21 heavy (non-hydrogen) atoms. The summed E-state index contributed by atoms with van der Waals surface area (Å²) in [5, 5.41) is 3.33. The van der Waals surface area contributed by atoms with Crippen LogP contribution >= 0.6 is 0 Å². The van der Waals surface area contributed by atoms with E-state index in [9.17, 15) is 9.18 Å². The van der Waals surface area contributed by atoms with Crippen molar-refractivity contribution in [2.24, 2.45) is 11.7 Å². The lowest BCUT2D eigenvalue weighted by Gasteiger charge is -2.28. The average Bonchev–Trinajstić information content (AvgIpc) is 3.19. The van der Waals surface area contributed by atoms with Gasteiger partial charge in [0.15, 0.2) is 0 Å². The van der Waals surface area contributed by atoms with E-state index in [1.165, 1.54) is 6.07 Å². The van der Waals surface area contributed by atoms with Gasteiger partial charge in [-0.05, 0) is 30.9 Å². The molecule has 2 rings (SSSR count). The van der Waals surface area contributed by atoms with Gasteiger partial charge in [-0.3, -0.25) is 4.79 Å². The van der Waals surface area contributed by atoms with Crippen molar-refractivity contribution < 1.29 is 9.18 Å². The number of anilines is 1. The van der Waals surface area contributed by atoms with Crippen LogP contribution in [-0.4, -0.2) is 25.0 Å². The quantitative estimate of drug-likeness (QED) is 0.771. The van der Waals surface area contributed by atoms with Gasteiger partial charge in [0.05, 0.1) is 6.54 Å². The van der Waals surface area contributed by atoms with Crippen molar-refractivity contribution >= 4 is 11.6 Å². The molecular formula is C16H24FN3O. The van der Waals surface area contributed by atoms with Crippen LogP contribution in [0.4, 0.5) is 10.1 Å². The van der Waals surface area contributed by atoms with Gasteiger partial charge in [-0.1, -0.05) is 19.9 Å². The number of hydrogen-bond donors (Lipinski definition) is 2. The van der Waals surface area contributed by atoms with Crippen LogP contribution in [0.1, 0.15) is 32.3 Å². The smallest absolute Gasteiger partial charge is 0.236 e. The van der Waals surface area contributed by atoms with Gasteiger partial charge in [-0.15, -0.1) is 0 Å². The lowest BCUT2D eigenvalue weighted by Crippen LogP contribution is -2.37. The Kier molecular flexibility index (Phi) is 5.17. The van der Waals surface area contributed by atoms with Gasteiger partial charge in [-0.25, -0.2) is 4.39 Å². The maximum atomic E-state index is 14.2. The minimum atomic E-state index is -0.402. The van der Waals surface area contributed by atoms with E-state index in [0.29, 0.717) is 30.6 Å². The zero-order valence-electron chi connectivity index (χ0n) is 12.7. The van der Waals surface area contributed by atoms with Crippen molar-refractivity contribution in [1.29, 1.82) is 0 Å². The molecule has 0 aliphatic heterocycles. The molecule has 1 aromatic rings. The number of carbonyl (C=O) groups is 1. The summed E-state index contributed by atoms with van der Waals surface area (Å²) >= 11 is 0. The van der Waals surface area contributed by atoms with Crippen molar-refractivity contribution in [3.05, 3.63) is 29.6 Å². The number of halogens is 1. The Balaban J connectivity index is 2.23. The van der Waals surface area contributed by atoms with Crippen molar-refractivity contribution in [1.82, 2.24) is 5.32 Å². The lowest BCUT2D eigenvalue weighted by atomic mass is 10.1. The van der Waals surface area contributed by atoms with E-state index in [4.69, 9.17) is 5.73 Å². The molecule has 3 N–H and O–H groups in total. The third-order valence-corrected chi connectivity index (χ3v) is 3.51. The lowest BCUT2D eigenvalue weighted by molar-refractivity contribution is -0.116. The second-order valence-corrected chi connectivity index (χ2v) is 6.13. The van der Waals surface area contributed by atoms with Crippen molar-refractivity contribution in [3.63, 3.8) is 0 Å². The van der Waals surface area contributed by atoms with E-state index in [1.54, 1.807) is 6.07 Å². The van der Waals surface area contributed by atoms with Crippen LogP contribution < -0.4 is 16.0 Å². The molecule has 1 aliphatic rings. The fourth-order valence-corrected chi connectivity index (χ4v) is 2.43. The fraction of sp³-hybridized carbons (Fsp3) is 0.562. The molecule has 1 aromatic carbocycles. The highest BCUT2D eigenvalue weighted by Crippen LogP contribution is 2.26. The predicted octanol–water partition coefficient (Wildman–Crippen LogP) is 2.03. The van der Waals surface area contributed by atoms with Crippen LogP contribution in [0.15, 0.2) is 18.2 Å². The highest BCUT2D eigenvalue weighted by atomic mass is 19.1. The summed E-state index contributed by atoms with van der Waals surface area (Å²) < 4.78 is 14.2. The largest absolute Gasteiger partial charge is 0.368 e. The van der Waals surface area contributed by atoms with Crippen LogP contribution in [0.3, 0.4) is 0 Å². The Hall–Kier alpha value is -1.62. The Morgan fingerprint density at radius 2 is 2.19 bits per heavy atom. The third kappa shape index (κ3) is 4.70. The molecule has 1 fully saturated rings. The molecule has 5 heteroatoms. The first kappa shape index (κ1) is 15.8. The molecule has 1 saturated carbocycles. The van der Waals surface area contributed by atoms with Gasteiger partial charge in [0.2, 0.25) is 5.91 Å². The zero-order valence-corrected chi connectivity index (χ0v) is 12.7. The Morgan fingerprint density at radius 1 is 1.48 bits per heavy atom. The van der Waals surface area contributed by atoms with Gasteiger partial charge in [-0.2, -0.15) is 0 Å². The number of amides is 1. The maximum absolute atomic E-state index is 14.2. The van der Waals surface area contributed by atoms with Crippen LogP contribution in [-0.2, 0) is 11.3 Å². The summed E-state index contributed by atoms with van der Waals surface area (Å²) in [6, 6.07) is 5.51. The first-order valence-electron chi connectivity index (χ1n) is 7.51. The van der Waals surface area contributed by atoms with Crippen LogP contribution in [0.5, 0.6) is 0 Å². The van der Waals surface area contributed by atoms with E-state index in [0.717, 1.165) is 18.5 Å². The molecule has 4 nitrogen and oxygen atoms in total. The number of nitrogens with zero attached hydrogens (tertiary/aromatic N) is 1. The average molecular weight is 293 g/mol. The number of primary amides is 1. The fourth-order valence-electron chi connectivity index (χ4n) is 2.43. The van der Waals surface area contributed by atoms with Gasteiger partial charge in [0.25, 0.3) is 0 Å². The van der Waals surface area contributed by atoms with Gasteiger partial charge in [0, 0.05) is 30.4 Å². The minimum absolute atomic E-state index is 0.109. The van der Waals surface area contributed by atoms with Crippen molar-refractivity contribution in [2.75, 3.05) is 18.0 Å². The van der Waals surface area contributed by atoms with Crippen LogP contribution in [0.25, 0.3) is 0 Å². The summed E-state index contributed by atoms with van der Waals surface area (Å²) in [6.07, 6.45) is 2.31. The topological polar surface area (TPSA) is 58.4 Å². The summed E-state index contributed by atoms with van der Waals surface area (Å²) in [5.41, 5.74) is 6.71. The number of benzene rings is 1. The van der Waals surface area contributed by atoms with Crippen LogP contribution in [0, 0.1) is 11.7 Å². The first-order valence-corrected chi connectivity index (χ1v) is 7.51. The molecule has 1 amide bonds. The van der Waals surface area contributed by atoms with Crippen LogP contribution in [0.2, 0.25) is 0 Å². The highest BCUT2D eigenvalue weighted by Gasteiger charge is 2.23. The highest BCUT2D eigenvalue weighted by molar-refractivity contribution is 5.80. The standard InChI is InChI=1S/C16H24FN3O/c1-11(2)9-20(10-16(18)21)15-5-3-4-14(17)13(15)8-19-12-6-7-12/h3-5,11-12,19H,6-10H2,1-2H3,(H2,18,21). The van der Waals surface area contributed by atoms with E-state index < -0.39 is 5.91 Å². The maximum Gasteiger partial charge on any atom is 0.236 e. The molecule has 0 unspecified atom stereocenters. The molecule has 1 aliphatic carbocycles. The van der Waals surface area contributed by atoms with Gasteiger partial charge in [0.1, 0.15) is 5.82 Å². The molecule has 0 aromatic heterocycles. The van der Waals surface area contributed by atoms with E-state index >= 15 is 0 Å². The Bertz CT molecular complexity index is 500. The number of nitrogens with two attached hydrogens (primary N) is 1. The number of hydrogen-bond acceptors (Lipinski definition) is 3. The zero-order chi connectivity index (χ0) is 15.4. The molecular weight excluding hydrogens is 269 g/mol. The number of carbonyl (C=O) groups excluding carboxylic acids is 1. The van der Waals surface area contributed by atoms with E-state index in [2.05, 4.69) is 19.2 Å². The minimum Gasteiger partial charge on any atom is -0.368 e. The molecule has 0 saturated heterocycles. The SMILES string of the molecule is CC(C)CN(CC(N)=O)c1cccc(F)c1CNC1CC1. The summed E-state index contributed by atoms with van der Waals surface area (Å²) in [4.78, 5) is 13.2. The summed E-state index contributed by atoms with van der Waals surface area (Å²) in [7, 11) is 0. The summed E-state index contributed by atoms with van der Waals surface area (Å²) in [6.45, 7) is 5.39. The first-order chi connectivity index (χ1) is 9.97. The molecule has 116 valence electrons. The molecule has 0 heterocycles. The number of nitrogens with one attached hydrogen (secondary N) is 1. The Labute approximate surface area is 125 Å². The molecule has 0 spiro atoms. The Morgan fingerprint density at radius 3 is 2.76 bits per heavy atom. The third-order valence-electron chi connectivity index (χ3n) is 3.51. The second kappa shape index (κ2) is 6.89. The molecule has 0 atom stereocenters. The molecule has 0 radical (unpaired) electrons. The van der Waals surface area contributed by atoms with E-state index in [1.807, 2.05) is 11.0 Å². The molecule has 0 bridgehead atoms. The van der Waals surface area contributed by atoms with Gasteiger partial charge >= 0.3 is 0 Å². The summed E-state index contributed by atoms with van der Waals surface area (Å²) in [5.74, 6) is -0.281. The van der Waals surface area contributed by atoms with Gasteiger partial charge < -0.3 is 16.0 Å². The normalized spacial score (nSPS) is 14.5. The monoisotopic (exact) mass is 293 g/mol. The second-order valence-electron chi connectivity index (χ2n) is 6.13. The van der Waals surface area contributed by atoms with Crippen molar-refractivity contribution in [2.45, 2.75) is 39.3 Å². The predicted molar refractivity (Wildman–Crippen MR) is 82.5 cm³/mol. The van der Waals surface area contributed by atoms with E-state index in [-0.39, 0.29) is 12.4 Å². The van der Waals surface area contributed by atoms with Crippen molar-refractivity contribution in [3.8, 4) is 0 Å².